The molecule has 47 heavy (non-hydrogen) atoms. The van der Waals surface area contributed by atoms with Crippen LogP contribution in [-0.4, -0.2) is 15.0 Å². The lowest BCUT2D eigenvalue weighted by molar-refractivity contribution is 0.478. The summed E-state index contributed by atoms with van der Waals surface area (Å²) in [5.74, 6) is 1.77. The smallest absolute Gasteiger partial charge is 0.164 e. The first-order valence-electron chi connectivity index (χ1n) is 16.1. The summed E-state index contributed by atoms with van der Waals surface area (Å²) < 4.78 is 0. The normalized spacial score (nSPS) is 12.0. The van der Waals surface area contributed by atoms with E-state index < -0.39 is 0 Å². The van der Waals surface area contributed by atoms with Gasteiger partial charge in [-0.3, -0.25) is 0 Å². The van der Waals surface area contributed by atoms with Crippen LogP contribution in [0.15, 0.2) is 165 Å². The Morgan fingerprint density at radius 3 is 1.77 bits per heavy atom. The van der Waals surface area contributed by atoms with Gasteiger partial charge in [0.25, 0.3) is 0 Å². The van der Waals surface area contributed by atoms with Gasteiger partial charge in [-0.2, -0.15) is 0 Å². The fourth-order valence-corrected chi connectivity index (χ4v) is 5.88. The summed E-state index contributed by atoms with van der Waals surface area (Å²) in [5.41, 5.74) is 8.42. The third-order valence-electron chi connectivity index (χ3n) is 8.65. The number of nitrogens with zero attached hydrogens (tertiary/aromatic N) is 3. The maximum absolute atomic E-state index is 4.87. The first-order valence-corrected chi connectivity index (χ1v) is 16.1. The highest BCUT2D eigenvalue weighted by molar-refractivity contribution is 5.76. The molecule has 5 rings (SSSR count). The molecule has 1 heterocycles. The Labute approximate surface area is 279 Å². The van der Waals surface area contributed by atoms with Crippen LogP contribution >= 0.6 is 0 Å². The SMILES string of the molecule is C=C/C=C\C(=C)c1nc(-c2ccccc2)nc(-c2ccc(C(CC)(CC)c3ccc(/C=C/C=C(\C=C)c4ccccc4)cc3)cc2)n1. The van der Waals surface area contributed by atoms with Crippen LogP contribution in [0.5, 0.6) is 0 Å². The van der Waals surface area contributed by atoms with Crippen molar-refractivity contribution >= 4 is 17.2 Å². The maximum Gasteiger partial charge on any atom is 0.164 e. The third-order valence-corrected chi connectivity index (χ3v) is 8.65. The molecule has 3 heteroatoms. The average Bonchev–Trinajstić information content (AvgIpc) is 3.14. The molecule has 0 bridgehead atoms. The average molecular weight is 612 g/mol. The minimum absolute atomic E-state index is 0.118. The second kappa shape index (κ2) is 15.6. The van der Waals surface area contributed by atoms with E-state index in [-0.39, 0.29) is 5.41 Å². The van der Waals surface area contributed by atoms with Crippen molar-refractivity contribution < 1.29 is 0 Å². The van der Waals surface area contributed by atoms with Crippen molar-refractivity contribution in [3.63, 3.8) is 0 Å². The highest BCUT2D eigenvalue weighted by Gasteiger charge is 2.30. The summed E-state index contributed by atoms with van der Waals surface area (Å²) in [6.07, 6.45) is 15.6. The topological polar surface area (TPSA) is 38.7 Å². The lowest BCUT2D eigenvalue weighted by Crippen LogP contribution is -2.26. The van der Waals surface area contributed by atoms with Crippen LogP contribution in [0.1, 0.15) is 54.8 Å². The second-order valence-corrected chi connectivity index (χ2v) is 11.3. The maximum atomic E-state index is 4.87. The molecular weight excluding hydrogens is 571 g/mol. The molecule has 4 aromatic carbocycles. The number of hydrogen-bond acceptors (Lipinski definition) is 3. The summed E-state index contributed by atoms with van der Waals surface area (Å²) in [7, 11) is 0. The first-order chi connectivity index (χ1) is 23.0. The Hall–Kier alpha value is -5.67. The van der Waals surface area contributed by atoms with Gasteiger partial charge in [0.15, 0.2) is 17.5 Å². The lowest BCUT2D eigenvalue weighted by Gasteiger charge is -2.33. The minimum atomic E-state index is -0.118. The van der Waals surface area contributed by atoms with E-state index in [1.165, 1.54) is 11.1 Å². The van der Waals surface area contributed by atoms with E-state index in [9.17, 15) is 0 Å². The van der Waals surface area contributed by atoms with E-state index in [1.54, 1.807) is 6.08 Å². The van der Waals surface area contributed by atoms with E-state index in [0.717, 1.165) is 40.7 Å². The predicted molar refractivity (Wildman–Crippen MR) is 201 cm³/mol. The van der Waals surface area contributed by atoms with Gasteiger partial charge in [0.2, 0.25) is 0 Å². The van der Waals surface area contributed by atoms with Gasteiger partial charge in [0, 0.05) is 22.1 Å². The molecule has 0 N–H and O–H groups in total. The molecule has 0 aliphatic rings. The van der Waals surface area contributed by atoms with Gasteiger partial charge < -0.3 is 0 Å². The van der Waals surface area contributed by atoms with Crippen LogP contribution in [0, 0.1) is 0 Å². The molecular formula is C44H41N3. The molecule has 0 spiro atoms. The Bertz CT molecular complexity index is 1910. The number of hydrogen-bond donors (Lipinski definition) is 0. The van der Waals surface area contributed by atoms with Crippen molar-refractivity contribution in [2.45, 2.75) is 32.1 Å². The monoisotopic (exact) mass is 611 g/mol. The Morgan fingerprint density at radius 2 is 1.21 bits per heavy atom. The Morgan fingerprint density at radius 1 is 0.660 bits per heavy atom. The van der Waals surface area contributed by atoms with Crippen molar-refractivity contribution in [1.29, 1.82) is 0 Å². The summed E-state index contributed by atoms with van der Waals surface area (Å²) in [5, 5.41) is 0. The zero-order valence-electron chi connectivity index (χ0n) is 27.3. The number of rotatable bonds is 13. The molecule has 0 saturated heterocycles. The largest absolute Gasteiger partial charge is 0.208 e. The van der Waals surface area contributed by atoms with Gasteiger partial charge in [-0.15, -0.1) is 0 Å². The summed E-state index contributed by atoms with van der Waals surface area (Å²) in [6.45, 7) is 16.5. The fourth-order valence-electron chi connectivity index (χ4n) is 5.88. The predicted octanol–water partition coefficient (Wildman–Crippen LogP) is 11.3. The molecule has 0 aliphatic carbocycles. The molecule has 0 amide bonds. The summed E-state index contributed by atoms with van der Waals surface area (Å²) in [6, 6.07) is 37.9. The van der Waals surface area contributed by atoms with Gasteiger partial charge in [-0.05, 0) is 40.7 Å². The van der Waals surface area contributed by atoms with Crippen molar-refractivity contribution in [2.75, 3.05) is 0 Å². The fraction of sp³-hybridized carbons (Fsp3) is 0.114. The molecule has 0 radical (unpaired) electrons. The molecule has 5 aromatic rings. The third kappa shape index (κ3) is 7.59. The van der Waals surface area contributed by atoms with Crippen LogP contribution in [-0.2, 0) is 5.41 Å². The van der Waals surface area contributed by atoms with Gasteiger partial charge >= 0.3 is 0 Å². The van der Waals surface area contributed by atoms with E-state index in [2.05, 4.69) is 112 Å². The van der Waals surface area contributed by atoms with E-state index in [0.29, 0.717) is 23.0 Å². The van der Waals surface area contributed by atoms with Gasteiger partial charge in [-0.1, -0.05) is 185 Å². The number of benzene rings is 4. The zero-order valence-corrected chi connectivity index (χ0v) is 27.3. The first kappa shape index (κ1) is 32.7. The summed E-state index contributed by atoms with van der Waals surface area (Å²) in [4.78, 5) is 14.4. The van der Waals surface area contributed by atoms with Crippen LogP contribution in [0.4, 0.5) is 0 Å². The van der Waals surface area contributed by atoms with E-state index >= 15 is 0 Å². The van der Waals surface area contributed by atoms with Crippen LogP contribution in [0.25, 0.3) is 40.0 Å². The van der Waals surface area contributed by atoms with Crippen molar-refractivity contribution in [2.24, 2.45) is 0 Å². The summed E-state index contributed by atoms with van der Waals surface area (Å²) >= 11 is 0. The van der Waals surface area contributed by atoms with Crippen molar-refractivity contribution in [1.82, 2.24) is 15.0 Å². The molecule has 0 unspecified atom stereocenters. The van der Waals surface area contributed by atoms with Crippen LogP contribution < -0.4 is 0 Å². The van der Waals surface area contributed by atoms with Crippen LogP contribution in [0.3, 0.4) is 0 Å². The number of allylic oxidation sites excluding steroid dienone is 8. The Balaban J connectivity index is 1.43. The molecule has 0 fully saturated rings. The number of aromatic nitrogens is 3. The molecule has 1 aromatic heterocycles. The zero-order chi connectivity index (χ0) is 33.1. The molecule has 232 valence electrons. The lowest BCUT2D eigenvalue weighted by atomic mass is 9.70. The van der Waals surface area contributed by atoms with E-state index in [4.69, 9.17) is 15.0 Å². The molecule has 0 saturated carbocycles. The van der Waals surface area contributed by atoms with Gasteiger partial charge in [-0.25, -0.2) is 15.0 Å². The second-order valence-electron chi connectivity index (χ2n) is 11.3. The van der Waals surface area contributed by atoms with Gasteiger partial charge in [0.05, 0.1) is 0 Å². The highest BCUT2D eigenvalue weighted by atomic mass is 15.0. The van der Waals surface area contributed by atoms with Crippen molar-refractivity contribution in [3.05, 3.63) is 193 Å². The van der Waals surface area contributed by atoms with Crippen molar-refractivity contribution in [3.8, 4) is 22.8 Å². The van der Waals surface area contributed by atoms with Crippen LogP contribution in [0.2, 0.25) is 0 Å². The van der Waals surface area contributed by atoms with Gasteiger partial charge in [0.1, 0.15) is 0 Å². The highest BCUT2D eigenvalue weighted by Crippen LogP contribution is 2.39. The molecule has 0 atom stereocenters. The Kier molecular flexibility index (Phi) is 10.8. The standard InChI is InChI=1S/C44H41N3/c1-6-10-18-33(5)41-45-42(37-22-15-12-16-23-37)47-43(46-41)38-27-31-40(32-28-38)44(8-3,9-4)39-29-25-34(26-30-39)19-17-24-35(7-2)36-20-13-11-14-21-36/h6-7,10-32H,1-2,5,8-9H2,3-4H3/b18-10-,19-17+,35-24+. The quantitative estimate of drug-likeness (QED) is 0.124. The molecule has 0 aliphatic heterocycles. The molecule has 3 nitrogen and oxygen atoms in total. The van der Waals surface area contributed by atoms with E-state index in [1.807, 2.05) is 66.8 Å². The minimum Gasteiger partial charge on any atom is -0.208 e.